The van der Waals surface area contributed by atoms with Crippen LogP contribution in [0, 0.1) is 20.8 Å². The van der Waals surface area contributed by atoms with Crippen molar-refractivity contribution < 1.29 is 4.79 Å². The smallest absolute Gasteiger partial charge is 0.339 e. The molecule has 1 unspecified atom stereocenters. The molecule has 0 saturated heterocycles. The van der Waals surface area contributed by atoms with Crippen LogP contribution in [0.4, 0.5) is 16.2 Å². The van der Waals surface area contributed by atoms with Gasteiger partial charge in [-0.15, -0.1) is 0 Å². The van der Waals surface area contributed by atoms with Gasteiger partial charge in [0.1, 0.15) is 0 Å². The summed E-state index contributed by atoms with van der Waals surface area (Å²) in [6.45, 7) is 6.06. The molecule has 0 fully saturated rings. The summed E-state index contributed by atoms with van der Waals surface area (Å²) in [5.74, 6) is 0. The maximum Gasteiger partial charge on any atom is 0.339 e. The van der Waals surface area contributed by atoms with Crippen molar-refractivity contribution in [3.63, 3.8) is 0 Å². The molecule has 30 heavy (non-hydrogen) atoms. The van der Waals surface area contributed by atoms with Crippen LogP contribution in [0.1, 0.15) is 40.3 Å². The molecule has 2 amide bonds. The van der Waals surface area contributed by atoms with Crippen molar-refractivity contribution in [2.75, 3.05) is 10.6 Å². The molecular weight excluding hydrogens is 372 g/mol. The maximum atomic E-state index is 12.5. The number of aryl methyl sites for hydroxylation is 3. The van der Waals surface area contributed by atoms with Gasteiger partial charge < -0.3 is 10.6 Å². The van der Waals surface area contributed by atoms with E-state index in [1.54, 1.807) is 0 Å². The second kappa shape index (κ2) is 8.41. The van der Waals surface area contributed by atoms with Crippen molar-refractivity contribution in [2.45, 2.75) is 33.2 Å². The van der Waals surface area contributed by atoms with Gasteiger partial charge in [0.15, 0.2) is 0 Å². The number of hydrazone groups is 1. The summed E-state index contributed by atoms with van der Waals surface area (Å²) in [6, 6.07) is 22.2. The van der Waals surface area contributed by atoms with E-state index < -0.39 is 0 Å². The lowest BCUT2D eigenvalue weighted by Gasteiger charge is -2.29. The van der Waals surface area contributed by atoms with Gasteiger partial charge in [0, 0.05) is 23.4 Å². The highest BCUT2D eigenvalue weighted by atomic mass is 16.2. The molecule has 0 radical (unpaired) electrons. The van der Waals surface area contributed by atoms with Gasteiger partial charge in [-0.25, -0.2) is 10.2 Å². The molecule has 5 nitrogen and oxygen atoms in total. The van der Waals surface area contributed by atoms with Gasteiger partial charge in [-0.1, -0.05) is 59.7 Å². The molecule has 152 valence electrons. The number of nitrogens with zero attached hydrogens (tertiary/aromatic N) is 1. The van der Waals surface area contributed by atoms with Crippen LogP contribution in [0.25, 0.3) is 0 Å². The minimum atomic E-state index is -0.349. The van der Waals surface area contributed by atoms with Crippen LogP contribution in [-0.4, -0.2) is 11.7 Å². The van der Waals surface area contributed by atoms with Crippen molar-refractivity contribution in [1.29, 1.82) is 0 Å². The van der Waals surface area contributed by atoms with E-state index in [4.69, 9.17) is 0 Å². The lowest BCUT2D eigenvalue weighted by Crippen LogP contribution is -2.29. The molecule has 3 N–H and O–H groups in total. The number of urea groups is 1. The monoisotopic (exact) mass is 398 g/mol. The first-order valence-corrected chi connectivity index (χ1v) is 10.1. The van der Waals surface area contributed by atoms with Crippen molar-refractivity contribution >= 4 is 23.1 Å². The Morgan fingerprint density at radius 1 is 0.967 bits per heavy atom. The molecule has 0 spiro atoms. The van der Waals surface area contributed by atoms with Gasteiger partial charge in [0.2, 0.25) is 0 Å². The van der Waals surface area contributed by atoms with Crippen molar-refractivity contribution in [3.05, 3.63) is 94.5 Å². The third-order valence-corrected chi connectivity index (χ3v) is 5.34. The molecule has 1 aliphatic heterocycles. The highest BCUT2D eigenvalue weighted by Crippen LogP contribution is 2.33. The molecule has 0 aromatic heterocycles. The molecule has 1 aliphatic rings. The number of hydrogen-bond acceptors (Lipinski definition) is 3. The van der Waals surface area contributed by atoms with Gasteiger partial charge in [0.05, 0.1) is 11.8 Å². The molecule has 3 aromatic rings. The average Bonchev–Trinajstić information content (AvgIpc) is 2.74. The topological polar surface area (TPSA) is 65.5 Å². The van der Waals surface area contributed by atoms with Crippen molar-refractivity contribution in [3.8, 4) is 0 Å². The number of carbonyl (C=O) groups is 1. The first-order valence-electron chi connectivity index (χ1n) is 10.1. The Morgan fingerprint density at radius 3 is 2.47 bits per heavy atom. The number of carbonyl (C=O) groups excluding carboxylic acids is 1. The van der Waals surface area contributed by atoms with Crippen LogP contribution in [0.5, 0.6) is 0 Å². The molecule has 0 saturated carbocycles. The van der Waals surface area contributed by atoms with E-state index in [0.717, 1.165) is 39.3 Å². The van der Waals surface area contributed by atoms with Crippen LogP contribution < -0.4 is 16.1 Å². The molecule has 0 bridgehead atoms. The fourth-order valence-electron chi connectivity index (χ4n) is 3.78. The van der Waals surface area contributed by atoms with E-state index in [1.165, 1.54) is 5.56 Å². The predicted octanol–water partition coefficient (Wildman–Crippen LogP) is 5.69. The van der Waals surface area contributed by atoms with E-state index in [1.807, 2.05) is 50.2 Å². The summed E-state index contributed by atoms with van der Waals surface area (Å²) in [7, 11) is 0. The molecular formula is C25H26N4O. The zero-order chi connectivity index (χ0) is 21.1. The predicted molar refractivity (Wildman–Crippen MR) is 123 cm³/mol. The van der Waals surface area contributed by atoms with Crippen LogP contribution >= 0.6 is 0 Å². The van der Waals surface area contributed by atoms with Gasteiger partial charge in [-0.2, -0.15) is 5.10 Å². The Hall–Kier alpha value is -3.60. The van der Waals surface area contributed by atoms with Crippen LogP contribution in [0.2, 0.25) is 0 Å². The van der Waals surface area contributed by atoms with Crippen LogP contribution in [0.15, 0.2) is 71.8 Å². The molecule has 5 heteroatoms. The van der Waals surface area contributed by atoms with Gasteiger partial charge in [-0.3, -0.25) is 0 Å². The van der Waals surface area contributed by atoms with E-state index in [9.17, 15) is 4.79 Å². The van der Waals surface area contributed by atoms with E-state index in [0.29, 0.717) is 6.42 Å². The number of anilines is 2. The van der Waals surface area contributed by atoms with Crippen molar-refractivity contribution in [1.82, 2.24) is 5.43 Å². The normalized spacial score (nSPS) is 16.5. The fourth-order valence-corrected chi connectivity index (χ4v) is 3.78. The minimum absolute atomic E-state index is 0.101. The second-order valence-corrected chi connectivity index (χ2v) is 7.80. The molecule has 4 rings (SSSR count). The van der Waals surface area contributed by atoms with Crippen LogP contribution in [-0.2, 0) is 0 Å². The number of hydrogen-bond donors (Lipinski definition) is 3. The van der Waals surface area contributed by atoms with E-state index >= 15 is 0 Å². The van der Waals surface area contributed by atoms with E-state index in [2.05, 4.69) is 58.4 Å². The Morgan fingerprint density at radius 2 is 1.70 bits per heavy atom. The highest BCUT2D eigenvalue weighted by Gasteiger charge is 2.24. The standard InChI is InChI=1S/C25H26N4O/c1-16-9-11-21(18(3)13-16)27-25(30)29-28-24-15-23(19-7-5-4-6-8-19)26-22-12-10-17(2)14-20(22)24/h4-14,23,26H,15H2,1-3H3,(H2,27,29,30). The summed E-state index contributed by atoms with van der Waals surface area (Å²) in [5.41, 5.74) is 10.9. The summed E-state index contributed by atoms with van der Waals surface area (Å²) < 4.78 is 0. The van der Waals surface area contributed by atoms with E-state index in [-0.39, 0.29) is 12.1 Å². The van der Waals surface area contributed by atoms with Crippen LogP contribution in [0.3, 0.4) is 0 Å². The Labute approximate surface area is 177 Å². The van der Waals surface area contributed by atoms with Gasteiger partial charge in [-0.05, 0) is 50.1 Å². The SMILES string of the molecule is Cc1ccc(NC(=O)NN=C2CC(c3ccccc3)Nc3ccc(C)cc32)c(C)c1. The maximum absolute atomic E-state index is 12.5. The Kier molecular flexibility index (Phi) is 5.53. The number of amides is 2. The molecule has 0 aliphatic carbocycles. The average molecular weight is 399 g/mol. The number of nitrogens with one attached hydrogen (secondary N) is 3. The first-order chi connectivity index (χ1) is 14.5. The Bertz CT molecular complexity index is 1110. The summed E-state index contributed by atoms with van der Waals surface area (Å²) >= 11 is 0. The first kappa shape index (κ1) is 19.7. The lowest BCUT2D eigenvalue weighted by molar-refractivity contribution is 0.252. The zero-order valence-corrected chi connectivity index (χ0v) is 17.5. The van der Waals surface area contributed by atoms with Gasteiger partial charge in [0.25, 0.3) is 0 Å². The number of benzene rings is 3. The van der Waals surface area contributed by atoms with Gasteiger partial charge >= 0.3 is 6.03 Å². The summed E-state index contributed by atoms with van der Waals surface area (Å²) in [4.78, 5) is 12.5. The molecule has 3 aromatic carbocycles. The number of rotatable bonds is 3. The fraction of sp³-hybridized carbons (Fsp3) is 0.200. The largest absolute Gasteiger partial charge is 0.377 e. The summed E-state index contributed by atoms with van der Waals surface area (Å²) in [6.07, 6.45) is 0.685. The third-order valence-electron chi connectivity index (χ3n) is 5.34. The summed E-state index contributed by atoms with van der Waals surface area (Å²) in [5, 5.41) is 11.0. The quantitative estimate of drug-likeness (QED) is 0.496. The number of fused-ring (bicyclic) bond motifs is 1. The zero-order valence-electron chi connectivity index (χ0n) is 17.5. The minimum Gasteiger partial charge on any atom is -0.377 e. The second-order valence-electron chi connectivity index (χ2n) is 7.80. The lowest BCUT2D eigenvalue weighted by atomic mass is 9.91. The van der Waals surface area contributed by atoms with Crippen molar-refractivity contribution in [2.24, 2.45) is 5.10 Å². The molecule has 1 heterocycles. The third kappa shape index (κ3) is 4.35. The molecule has 1 atom stereocenters. The Balaban J connectivity index is 1.57. The highest BCUT2D eigenvalue weighted by molar-refractivity contribution is 6.08.